The average molecular weight is 311 g/mol. The van der Waals surface area contributed by atoms with Crippen LogP contribution < -0.4 is 4.74 Å². The van der Waals surface area contributed by atoms with Gasteiger partial charge < -0.3 is 14.4 Å². The topological polar surface area (TPSA) is 47.3 Å². The molecule has 5 heteroatoms. The Morgan fingerprint density at radius 3 is 2.89 bits per heavy atom. The zero-order valence-electron chi connectivity index (χ0n) is 10.1. The second-order valence-corrected chi connectivity index (χ2v) is 4.88. The summed E-state index contributed by atoms with van der Waals surface area (Å²) in [5.41, 5.74) is 0. The van der Waals surface area contributed by atoms with Gasteiger partial charge in [0.2, 0.25) is 0 Å². The third kappa shape index (κ3) is 3.34. The summed E-state index contributed by atoms with van der Waals surface area (Å²) in [4.78, 5) is 4.11. The molecule has 0 aliphatic carbocycles. The second kappa shape index (κ2) is 6.02. The number of aliphatic hydroxyl groups excluding tert-OH is 1. The summed E-state index contributed by atoms with van der Waals surface area (Å²) in [6, 6.07) is 7.58. The van der Waals surface area contributed by atoms with Gasteiger partial charge in [-0.2, -0.15) is 0 Å². The van der Waals surface area contributed by atoms with Gasteiger partial charge >= 0.3 is 0 Å². The number of aliphatic hydroxyl groups is 1. The molecule has 4 nitrogen and oxygen atoms in total. The van der Waals surface area contributed by atoms with Crippen molar-refractivity contribution in [2.24, 2.45) is 0 Å². The maximum atomic E-state index is 9.91. The van der Waals surface area contributed by atoms with E-state index in [1.54, 1.807) is 6.20 Å². The van der Waals surface area contributed by atoms with E-state index in [9.17, 15) is 5.11 Å². The minimum Gasteiger partial charge on any atom is -0.490 e. The van der Waals surface area contributed by atoms with Gasteiger partial charge in [0.15, 0.2) is 0 Å². The van der Waals surface area contributed by atoms with Crippen LogP contribution in [0.25, 0.3) is 0 Å². The third-order valence-corrected chi connectivity index (χ3v) is 3.25. The first-order valence-corrected chi connectivity index (χ1v) is 6.49. The lowest BCUT2D eigenvalue weighted by atomic mass is 10.3. The van der Waals surface area contributed by atoms with Crippen molar-refractivity contribution in [1.82, 2.24) is 9.55 Å². The molecule has 1 heterocycles. The van der Waals surface area contributed by atoms with E-state index < -0.39 is 6.10 Å². The summed E-state index contributed by atoms with van der Waals surface area (Å²) < 4.78 is 8.34. The van der Waals surface area contributed by atoms with Crippen molar-refractivity contribution in [3.05, 3.63) is 47.0 Å². The largest absolute Gasteiger partial charge is 0.490 e. The van der Waals surface area contributed by atoms with Crippen LogP contribution in [0.4, 0.5) is 0 Å². The van der Waals surface area contributed by atoms with Crippen LogP contribution >= 0.6 is 15.9 Å². The zero-order valence-corrected chi connectivity index (χ0v) is 11.7. The highest BCUT2D eigenvalue weighted by atomic mass is 79.9. The lowest BCUT2D eigenvalue weighted by Crippen LogP contribution is -2.23. The number of rotatable bonds is 5. The fourth-order valence-corrected chi connectivity index (χ4v) is 2.02. The maximum Gasteiger partial charge on any atom is 0.133 e. The molecule has 1 aromatic carbocycles. The molecule has 1 aromatic heterocycles. The zero-order chi connectivity index (χ0) is 13.0. The van der Waals surface area contributed by atoms with Crippen molar-refractivity contribution < 1.29 is 9.84 Å². The third-order valence-electron chi connectivity index (χ3n) is 2.60. The van der Waals surface area contributed by atoms with Crippen LogP contribution in [0.2, 0.25) is 0 Å². The molecule has 0 spiro atoms. The van der Waals surface area contributed by atoms with E-state index >= 15 is 0 Å². The molecule has 1 atom stereocenters. The van der Waals surface area contributed by atoms with Gasteiger partial charge in [-0.05, 0) is 35.0 Å². The number of ether oxygens (including phenoxy) is 1. The van der Waals surface area contributed by atoms with Gasteiger partial charge in [-0.25, -0.2) is 4.98 Å². The van der Waals surface area contributed by atoms with E-state index in [1.807, 2.05) is 42.0 Å². The van der Waals surface area contributed by atoms with E-state index in [0.717, 1.165) is 16.0 Å². The summed E-state index contributed by atoms with van der Waals surface area (Å²) >= 11 is 3.40. The summed E-state index contributed by atoms with van der Waals surface area (Å²) in [6.45, 7) is 2.64. The Hall–Kier alpha value is -1.33. The van der Waals surface area contributed by atoms with Crippen molar-refractivity contribution in [3.8, 4) is 5.75 Å². The van der Waals surface area contributed by atoms with Crippen molar-refractivity contribution in [1.29, 1.82) is 0 Å². The lowest BCUT2D eigenvalue weighted by molar-refractivity contribution is 0.0916. The van der Waals surface area contributed by atoms with Crippen LogP contribution in [-0.4, -0.2) is 27.4 Å². The Kier molecular flexibility index (Phi) is 4.38. The second-order valence-electron chi connectivity index (χ2n) is 4.02. The first kappa shape index (κ1) is 13.1. The normalized spacial score (nSPS) is 12.4. The monoisotopic (exact) mass is 310 g/mol. The van der Waals surface area contributed by atoms with Crippen LogP contribution in [0.1, 0.15) is 5.82 Å². The number of nitrogens with zero attached hydrogens (tertiary/aromatic N) is 2. The molecule has 0 saturated carbocycles. The number of aryl methyl sites for hydroxylation is 1. The first-order chi connectivity index (χ1) is 8.66. The predicted octanol–water partition coefficient (Wildman–Crippen LogP) is 2.39. The van der Waals surface area contributed by atoms with E-state index in [4.69, 9.17) is 4.74 Å². The molecule has 1 N–H and O–H groups in total. The molecule has 2 aromatic rings. The summed E-state index contributed by atoms with van der Waals surface area (Å²) in [5.74, 6) is 1.62. The molecule has 0 amide bonds. The molecule has 0 fully saturated rings. The predicted molar refractivity (Wildman–Crippen MR) is 72.6 cm³/mol. The van der Waals surface area contributed by atoms with Crippen LogP contribution in [0.15, 0.2) is 41.1 Å². The van der Waals surface area contributed by atoms with Crippen molar-refractivity contribution in [2.75, 3.05) is 6.61 Å². The van der Waals surface area contributed by atoms with Crippen molar-refractivity contribution in [2.45, 2.75) is 19.6 Å². The molecule has 2 rings (SSSR count). The van der Waals surface area contributed by atoms with Gasteiger partial charge in [-0.15, -0.1) is 0 Å². The highest BCUT2D eigenvalue weighted by molar-refractivity contribution is 9.10. The van der Waals surface area contributed by atoms with Crippen LogP contribution in [0, 0.1) is 6.92 Å². The van der Waals surface area contributed by atoms with Crippen molar-refractivity contribution in [3.63, 3.8) is 0 Å². The van der Waals surface area contributed by atoms with Crippen LogP contribution in [0.3, 0.4) is 0 Å². The average Bonchev–Trinajstić information content (AvgIpc) is 2.74. The minimum absolute atomic E-state index is 0.250. The smallest absolute Gasteiger partial charge is 0.133 e. The van der Waals surface area contributed by atoms with Gasteiger partial charge in [0.05, 0.1) is 11.0 Å². The highest BCUT2D eigenvalue weighted by Crippen LogP contribution is 2.23. The van der Waals surface area contributed by atoms with Gasteiger partial charge in [-0.3, -0.25) is 0 Å². The van der Waals surface area contributed by atoms with Crippen molar-refractivity contribution >= 4 is 15.9 Å². The summed E-state index contributed by atoms with van der Waals surface area (Å²) in [7, 11) is 0. The van der Waals surface area contributed by atoms with Gasteiger partial charge in [-0.1, -0.05) is 12.1 Å². The van der Waals surface area contributed by atoms with E-state index in [-0.39, 0.29) is 6.61 Å². The minimum atomic E-state index is -0.565. The Balaban J connectivity index is 1.87. The van der Waals surface area contributed by atoms with Gasteiger partial charge in [0, 0.05) is 12.4 Å². The first-order valence-electron chi connectivity index (χ1n) is 5.70. The Labute approximate surface area is 114 Å². The highest BCUT2D eigenvalue weighted by Gasteiger charge is 2.09. The Bertz CT molecular complexity index is 513. The fourth-order valence-electron chi connectivity index (χ4n) is 1.62. The molecular formula is C13H15BrN2O2. The number of hydrogen-bond acceptors (Lipinski definition) is 3. The maximum absolute atomic E-state index is 9.91. The molecule has 96 valence electrons. The lowest BCUT2D eigenvalue weighted by Gasteiger charge is -2.14. The Morgan fingerprint density at radius 1 is 1.44 bits per heavy atom. The molecule has 0 aliphatic rings. The van der Waals surface area contributed by atoms with Crippen LogP contribution in [-0.2, 0) is 6.54 Å². The molecule has 18 heavy (non-hydrogen) atoms. The van der Waals surface area contributed by atoms with Gasteiger partial charge in [0.25, 0.3) is 0 Å². The number of halogens is 1. The quantitative estimate of drug-likeness (QED) is 0.922. The summed E-state index contributed by atoms with van der Waals surface area (Å²) in [5, 5.41) is 9.91. The molecule has 0 saturated heterocycles. The fraction of sp³-hybridized carbons (Fsp3) is 0.308. The number of aromatic nitrogens is 2. The molecule has 0 bridgehead atoms. The van der Waals surface area contributed by atoms with E-state index in [1.165, 1.54) is 0 Å². The van der Waals surface area contributed by atoms with Crippen LogP contribution in [0.5, 0.6) is 5.75 Å². The molecular weight excluding hydrogens is 296 g/mol. The molecule has 0 unspecified atom stereocenters. The standard InChI is InChI=1S/C13H15BrN2O2/c1-10-15-6-7-16(10)8-11(17)9-18-13-5-3-2-4-12(13)14/h2-7,11,17H,8-9H2,1H3/t11-/m0/s1. The molecule has 0 aliphatic heterocycles. The molecule has 0 radical (unpaired) electrons. The summed E-state index contributed by atoms with van der Waals surface area (Å²) in [6.07, 6.45) is 3.00. The number of hydrogen-bond donors (Lipinski definition) is 1. The number of imidazole rings is 1. The van der Waals surface area contributed by atoms with Gasteiger partial charge in [0.1, 0.15) is 24.3 Å². The number of benzene rings is 1. The van der Waals surface area contributed by atoms with E-state index in [0.29, 0.717) is 6.54 Å². The number of para-hydroxylation sites is 1. The van der Waals surface area contributed by atoms with E-state index in [2.05, 4.69) is 20.9 Å². The SMILES string of the molecule is Cc1nccn1C[C@H](O)COc1ccccc1Br. The Morgan fingerprint density at radius 2 is 2.22 bits per heavy atom.